The van der Waals surface area contributed by atoms with Gasteiger partial charge in [-0.1, -0.05) is 109 Å². The Kier molecular flexibility index (Phi) is 13.1. The fraction of sp³-hybridized carbons (Fsp3) is 0.327. The van der Waals surface area contributed by atoms with Crippen molar-refractivity contribution in [2.75, 3.05) is 38.3 Å². The highest BCUT2D eigenvalue weighted by molar-refractivity contribution is 5.93. The number of amides is 3. The number of carbonyl (C=O) groups excluding carboxylic acids is 3. The van der Waals surface area contributed by atoms with E-state index in [-0.39, 0.29) is 31.3 Å². The lowest BCUT2D eigenvalue weighted by Crippen LogP contribution is -2.57. The van der Waals surface area contributed by atoms with E-state index in [2.05, 4.69) is 43.9 Å². The summed E-state index contributed by atoms with van der Waals surface area (Å²) in [6.45, 7) is 2.95. The number of methoxy groups -OCH3 is 1. The molecule has 12 nitrogen and oxygen atoms in total. The van der Waals surface area contributed by atoms with Crippen LogP contribution in [0.4, 0.5) is 10.5 Å². The van der Waals surface area contributed by atoms with Gasteiger partial charge in [0.1, 0.15) is 11.6 Å². The van der Waals surface area contributed by atoms with Gasteiger partial charge in [-0.15, -0.1) is 0 Å². The van der Waals surface area contributed by atoms with Crippen molar-refractivity contribution in [2.45, 2.75) is 68.9 Å². The van der Waals surface area contributed by atoms with Crippen LogP contribution in [0.1, 0.15) is 59.5 Å². The lowest BCUT2D eigenvalue weighted by Gasteiger charge is -2.45. The second kappa shape index (κ2) is 19.1. The number of nitrogens with one attached hydrogen (secondary N) is 3. The lowest BCUT2D eigenvalue weighted by atomic mass is 9.85. The van der Waals surface area contributed by atoms with E-state index in [1.165, 1.54) is 7.11 Å². The van der Waals surface area contributed by atoms with Crippen LogP contribution < -0.4 is 20.9 Å². The van der Waals surface area contributed by atoms with Gasteiger partial charge in [-0.25, -0.2) is 9.59 Å². The monoisotopic (exact) mass is 823 g/mol. The molecule has 3 heterocycles. The van der Waals surface area contributed by atoms with Gasteiger partial charge in [-0.05, 0) is 70.5 Å². The Balaban J connectivity index is 0.945. The average Bonchev–Trinajstić information content (AvgIpc) is 3.63. The van der Waals surface area contributed by atoms with Gasteiger partial charge in [0, 0.05) is 50.3 Å². The first-order valence-corrected chi connectivity index (χ1v) is 21.0. The number of ether oxygens (including phenoxy) is 3. The molecule has 0 aromatic heterocycles. The van der Waals surface area contributed by atoms with E-state index in [1.807, 2.05) is 115 Å². The number of carbonyl (C=O) groups is 3. The normalized spacial score (nSPS) is 20.5. The minimum absolute atomic E-state index is 0.0296. The Hall–Kier alpha value is -6.05. The van der Waals surface area contributed by atoms with Crippen molar-refractivity contribution in [2.24, 2.45) is 0 Å². The van der Waals surface area contributed by atoms with Crippen LogP contribution in [0.5, 0.6) is 0 Å². The predicted molar refractivity (Wildman–Crippen MR) is 232 cm³/mol. The van der Waals surface area contributed by atoms with Gasteiger partial charge in [0.2, 0.25) is 5.91 Å². The van der Waals surface area contributed by atoms with E-state index in [9.17, 15) is 19.5 Å². The molecule has 4 atom stereocenters. The number of aliphatic hydroxyl groups excluding tert-OH is 1. The van der Waals surface area contributed by atoms with Crippen molar-refractivity contribution >= 4 is 23.6 Å². The third kappa shape index (κ3) is 9.79. The molecule has 3 fully saturated rings. The maximum absolute atomic E-state index is 13.3. The first-order chi connectivity index (χ1) is 29.8. The maximum Gasteiger partial charge on any atom is 0.328 e. The summed E-state index contributed by atoms with van der Waals surface area (Å²) >= 11 is 0. The molecule has 61 heavy (non-hydrogen) atoms. The number of urea groups is 1. The van der Waals surface area contributed by atoms with Crippen molar-refractivity contribution in [3.05, 3.63) is 161 Å². The molecule has 3 aliphatic heterocycles. The van der Waals surface area contributed by atoms with Crippen molar-refractivity contribution in [3.8, 4) is 11.1 Å². The topological polar surface area (TPSA) is 142 Å². The molecule has 5 aromatic rings. The predicted octanol–water partition coefficient (Wildman–Crippen LogP) is 6.40. The maximum atomic E-state index is 13.3. The Bertz CT molecular complexity index is 2270. The summed E-state index contributed by atoms with van der Waals surface area (Å²) in [5, 5.41) is 18.5. The largest absolute Gasteiger partial charge is 0.467 e. The molecule has 12 heteroatoms. The van der Waals surface area contributed by atoms with E-state index in [0.717, 1.165) is 70.6 Å². The number of hydrogen-bond acceptors (Lipinski definition) is 9. The number of anilines is 1. The van der Waals surface area contributed by atoms with Crippen LogP contribution >= 0.6 is 0 Å². The van der Waals surface area contributed by atoms with Gasteiger partial charge in [0.25, 0.3) is 0 Å². The Morgan fingerprint density at radius 3 is 2.23 bits per heavy atom. The summed E-state index contributed by atoms with van der Waals surface area (Å²) < 4.78 is 18.5. The zero-order chi connectivity index (χ0) is 42.2. The second-order valence-corrected chi connectivity index (χ2v) is 16.0. The first-order valence-electron chi connectivity index (χ1n) is 21.0. The van der Waals surface area contributed by atoms with Gasteiger partial charge in [0.05, 0.1) is 32.6 Å². The molecule has 316 valence electrons. The highest BCUT2D eigenvalue weighted by Gasteiger charge is 2.50. The quantitative estimate of drug-likeness (QED) is 0.0993. The lowest BCUT2D eigenvalue weighted by molar-refractivity contribution is -0.253. The first kappa shape index (κ1) is 41.7. The fourth-order valence-corrected chi connectivity index (χ4v) is 8.76. The number of likely N-dealkylation sites (tertiary alicyclic amines) is 1. The van der Waals surface area contributed by atoms with E-state index < -0.39 is 29.9 Å². The Morgan fingerprint density at radius 1 is 0.820 bits per heavy atom. The molecule has 1 spiro atoms. The third-order valence-electron chi connectivity index (χ3n) is 12.1. The molecule has 0 saturated carbocycles. The van der Waals surface area contributed by atoms with E-state index in [4.69, 9.17) is 14.2 Å². The standard InChI is InChI=1S/C49H53N5O7/c1-59-45(56)43(27-34-10-4-2-5-11-34)52-48(58)50-30-36-12-8-13-38(26-36)39-14-9-15-40(28-39)46-60-42(29-44(61-46)37-20-18-35(32-55)19-21-37)31-53-24-22-49(23-25-53)47(57)51-33-54(49)41-16-6-3-7-17-41/h2-21,26,28,42-44,46,55H,22-25,27,29-33H2,1H3,(H,51,57)(H2,50,52,58)/t42-,43+,44+,46+/m1/s1. The van der Waals surface area contributed by atoms with Crippen LogP contribution in [-0.2, 0) is 43.4 Å². The number of rotatable bonds is 13. The third-order valence-corrected chi connectivity index (χ3v) is 12.1. The van der Waals surface area contributed by atoms with Crippen molar-refractivity contribution in [1.29, 1.82) is 0 Å². The van der Waals surface area contributed by atoms with Crippen LogP contribution in [0.2, 0.25) is 0 Å². The summed E-state index contributed by atoms with van der Waals surface area (Å²) in [7, 11) is 1.31. The van der Waals surface area contributed by atoms with Crippen LogP contribution in [0, 0.1) is 0 Å². The molecule has 0 aliphatic carbocycles. The number of nitrogens with zero attached hydrogens (tertiary/aromatic N) is 2. The summed E-state index contributed by atoms with van der Waals surface area (Å²) in [6.07, 6.45) is 1.38. The summed E-state index contributed by atoms with van der Waals surface area (Å²) in [5.74, 6) is -0.418. The van der Waals surface area contributed by atoms with Crippen molar-refractivity contribution in [3.63, 3.8) is 0 Å². The van der Waals surface area contributed by atoms with Crippen LogP contribution in [0.15, 0.2) is 133 Å². The highest BCUT2D eigenvalue weighted by Crippen LogP contribution is 2.41. The highest BCUT2D eigenvalue weighted by atomic mass is 16.7. The van der Waals surface area contributed by atoms with Crippen molar-refractivity contribution < 1.29 is 33.7 Å². The minimum atomic E-state index is -0.831. The number of esters is 1. The van der Waals surface area contributed by atoms with E-state index in [1.54, 1.807) is 0 Å². The molecule has 4 N–H and O–H groups in total. The number of hydrogen-bond donors (Lipinski definition) is 4. The van der Waals surface area contributed by atoms with Crippen LogP contribution in [-0.4, -0.2) is 79.0 Å². The fourth-order valence-electron chi connectivity index (χ4n) is 8.76. The molecule has 0 radical (unpaired) electrons. The van der Waals surface area contributed by atoms with Crippen LogP contribution in [0.25, 0.3) is 11.1 Å². The average molecular weight is 824 g/mol. The molecule has 5 aromatic carbocycles. The molecule has 3 amide bonds. The second-order valence-electron chi connectivity index (χ2n) is 16.0. The van der Waals surface area contributed by atoms with Gasteiger partial charge >= 0.3 is 12.0 Å². The Labute approximate surface area is 356 Å². The molecule has 0 bridgehead atoms. The Morgan fingerprint density at radius 2 is 1.51 bits per heavy atom. The molecule has 8 rings (SSSR count). The van der Waals surface area contributed by atoms with Gasteiger partial charge in [-0.2, -0.15) is 0 Å². The number of para-hydroxylation sites is 1. The van der Waals surface area contributed by atoms with Gasteiger partial charge in [0.15, 0.2) is 6.29 Å². The SMILES string of the molecule is COC(=O)[C@H](Cc1ccccc1)NC(=O)NCc1cccc(-c2cccc([C@H]3O[C@@H](CN4CCC5(CC4)C(=O)NCN5c4ccccc4)C[C@@H](c4ccc(CO)cc4)O3)c2)c1. The molecule has 0 unspecified atom stereocenters. The molecular formula is C49H53N5O7. The summed E-state index contributed by atoms with van der Waals surface area (Å²) in [6, 6.07) is 42.4. The zero-order valence-electron chi connectivity index (χ0n) is 34.4. The van der Waals surface area contributed by atoms with E-state index >= 15 is 0 Å². The molecule has 3 saturated heterocycles. The number of aliphatic hydroxyl groups is 1. The smallest absolute Gasteiger partial charge is 0.328 e. The van der Waals surface area contributed by atoms with Crippen LogP contribution in [0.3, 0.4) is 0 Å². The van der Waals surface area contributed by atoms with E-state index in [0.29, 0.717) is 26.1 Å². The molecule has 3 aliphatic rings. The van der Waals surface area contributed by atoms with Gasteiger partial charge in [-0.3, -0.25) is 4.79 Å². The number of benzene rings is 5. The van der Waals surface area contributed by atoms with Crippen molar-refractivity contribution in [1.82, 2.24) is 20.9 Å². The zero-order valence-corrected chi connectivity index (χ0v) is 34.4. The minimum Gasteiger partial charge on any atom is -0.467 e. The summed E-state index contributed by atoms with van der Waals surface area (Å²) in [4.78, 5) is 43.4. The molecular weight excluding hydrogens is 771 g/mol. The van der Waals surface area contributed by atoms with Gasteiger partial charge < -0.3 is 45.1 Å². The number of piperidine rings is 1. The summed E-state index contributed by atoms with van der Waals surface area (Å²) in [5.41, 5.74) is 6.96.